The lowest BCUT2D eigenvalue weighted by Gasteiger charge is -2.26. The molecule has 0 radical (unpaired) electrons. The van der Waals surface area contributed by atoms with Gasteiger partial charge in [0.1, 0.15) is 0 Å². The monoisotopic (exact) mass is 583 g/mol. The van der Waals surface area contributed by atoms with Gasteiger partial charge >= 0.3 is 0 Å². The van der Waals surface area contributed by atoms with Crippen molar-refractivity contribution in [2.45, 2.75) is 33.1 Å². The van der Waals surface area contributed by atoms with E-state index in [-0.39, 0.29) is 11.8 Å². The van der Waals surface area contributed by atoms with E-state index >= 15 is 0 Å². The van der Waals surface area contributed by atoms with Gasteiger partial charge in [-0.3, -0.25) is 15.2 Å². The Morgan fingerprint density at radius 2 is 1.84 bits per heavy atom. The summed E-state index contributed by atoms with van der Waals surface area (Å²) in [5, 5.41) is 14.4. The fourth-order valence-corrected chi connectivity index (χ4v) is 6.37. The second-order valence-electron chi connectivity index (χ2n) is 10.7. The molecule has 214 valence electrons. The van der Waals surface area contributed by atoms with Crippen molar-refractivity contribution in [2.24, 2.45) is 10.9 Å². The lowest BCUT2D eigenvalue weighted by molar-refractivity contribution is 0.102. The topological polar surface area (TPSA) is 104 Å². The van der Waals surface area contributed by atoms with Crippen molar-refractivity contribution in [1.82, 2.24) is 4.98 Å². The van der Waals surface area contributed by atoms with Gasteiger partial charge in [-0.2, -0.15) is 0 Å². The van der Waals surface area contributed by atoms with Crippen molar-refractivity contribution in [3.05, 3.63) is 119 Å². The summed E-state index contributed by atoms with van der Waals surface area (Å²) in [6.07, 6.45) is 6.19. The Kier molecular flexibility index (Phi) is 7.99. The van der Waals surface area contributed by atoms with E-state index in [1.165, 1.54) is 10.4 Å². The fraction of sp³-hybridized carbons (Fsp3) is 0.167. The fourth-order valence-electron chi connectivity index (χ4n) is 5.61. The van der Waals surface area contributed by atoms with Crippen molar-refractivity contribution in [1.29, 1.82) is 5.41 Å². The average molecular weight is 584 g/mol. The van der Waals surface area contributed by atoms with Gasteiger partial charge in [-0.15, -0.1) is 11.3 Å². The number of benzene rings is 3. The second-order valence-corrected chi connectivity index (χ2v) is 11.7. The van der Waals surface area contributed by atoms with Crippen molar-refractivity contribution >= 4 is 45.7 Å². The molecule has 6 nitrogen and oxygen atoms in total. The quantitative estimate of drug-likeness (QED) is 0.126. The highest BCUT2D eigenvalue weighted by atomic mass is 32.1. The van der Waals surface area contributed by atoms with Crippen LogP contribution in [-0.2, 0) is 12.8 Å². The standard InChI is InChI=1S/C36H33N5OS/c1-3-22-15-26(17-27(16-22)40-36(42)24-9-6-5-7-10-24)25-12-13-31(37)29(19-25)34(38)35-23(4-2)18-28-30(33-11-8-14-43-33)20-39-21-32(28)41-35/h5-17,19-21,23,38H,3-4,18,37H2,1-2H3,(H,40,42). The lowest BCUT2D eigenvalue weighted by atomic mass is 9.83. The zero-order chi connectivity index (χ0) is 29.9. The Morgan fingerprint density at radius 1 is 1.00 bits per heavy atom. The number of thiophene rings is 1. The minimum atomic E-state index is -0.155. The van der Waals surface area contributed by atoms with Crippen LogP contribution in [0.15, 0.2) is 102 Å². The Hall–Kier alpha value is -4.88. The summed E-state index contributed by atoms with van der Waals surface area (Å²) in [6.45, 7) is 4.24. The van der Waals surface area contributed by atoms with Gasteiger partial charge in [-0.1, -0.05) is 50.2 Å². The van der Waals surface area contributed by atoms with Gasteiger partial charge in [0, 0.05) is 45.1 Å². The van der Waals surface area contributed by atoms with Gasteiger partial charge < -0.3 is 11.1 Å². The number of fused-ring (bicyclic) bond motifs is 1. The third-order valence-corrected chi connectivity index (χ3v) is 8.90. The number of nitrogen functional groups attached to an aromatic ring is 1. The first-order valence-corrected chi connectivity index (χ1v) is 15.4. The molecule has 1 aliphatic rings. The van der Waals surface area contributed by atoms with Crippen molar-refractivity contribution in [3.8, 4) is 21.6 Å². The molecule has 1 atom stereocenters. The number of nitrogens with one attached hydrogen (secondary N) is 2. The summed E-state index contributed by atoms with van der Waals surface area (Å²) in [7, 11) is 0. The van der Waals surface area contributed by atoms with E-state index in [4.69, 9.17) is 10.7 Å². The summed E-state index contributed by atoms with van der Waals surface area (Å²) >= 11 is 1.70. The Labute approximate surface area is 255 Å². The molecule has 0 bridgehead atoms. The van der Waals surface area contributed by atoms with Crippen molar-refractivity contribution in [2.75, 3.05) is 11.1 Å². The maximum absolute atomic E-state index is 12.9. The summed E-state index contributed by atoms with van der Waals surface area (Å²) in [5.74, 6) is -0.0649. The molecular weight excluding hydrogens is 550 g/mol. The van der Waals surface area contributed by atoms with E-state index < -0.39 is 0 Å². The lowest BCUT2D eigenvalue weighted by Crippen LogP contribution is -2.29. The highest BCUT2D eigenvalue weighted by molar-refractivity contribution is 7.13. The van der Waals surface area contributed by atoms with Crippen molar-refractivity contribution < 1.29 is 4.79 Å². The number of carbonyl (C=O) groups excluding carboxylic acids is 1. The number of amides is 1. The molecule has 6 rings (SSSR count). The molecular formula is C36H33N5OS. The van der Waals surface area contributed by atoms with Crippen LogP contribution in [0.4, 0.5) is 17.1 Å². The minimum Gasteiger partial charge on any atom is -0.398 e. The number of nitrogens with zero attached hydrogens (tertiary/aromatic N) is 2. The van der Waals surface area contributed by atoms with E-state index in [0.717, 1.165) is 58.6 Å². The van der Waals surface area contributed by atoms with Crippen molar-refractivity contribution in [3.63, 3.8) is 0 Å². The summed E-state index contributed by atoms with van der Waals surface area (Å²) in [6, 6.07) is 25.3. The minimum absolute atomic E-state index is 0.0902. The van der Waals surface area contributed by atoms with Crippen LogP contribution in [0.5, 0.6) is 0 Å². The van der Waals surface area contributed by atoms with Gasteiger partial charge in [-0.05, 0) is 89.4 Å². The molecule has 4 N–H and O–H groups in total. The van der Waals surface area contributed by atoms with Crippen LogP contribution >= 0.6 is 11.3 Å². The first-order chi connectivity index (χ1) is 20.9. The van der Waals surface area contributed by atoms with Gasteiger partial charge in [0.25, 0.3) is 5.91 Å². The molecule has 1 amide bonds. The van der Waals surface area contributed by atoms with Crippen LogP contribution < -0.4 is 11.1 Å². The molecule has 1 unspecified atom stereocenters. The molecule has 3 heterocycles. The third-order valence-electron chi connectivity index (χ3n) is 8.00. The number of rotatable bonds is 8. The smallest absolute Gasteiger partial charge is 0.255 e. The molecule has 2 aromatic heterocycles. The third kappa shape index (κ3) is 5.76. The Morgan fingerprint density at radius 3 is 2.58 bits per heavy atom. The Bertz CT molecular complexity index is 1840. The first kappa shape index (κ1) is 28.2. The molecule has 1 aliphatic heterocycles. The summed E-state index contributed by atoms with van der Waals surface area (Å²) in [4.78, 5) is 23.6. The molecule has 7 heteroatoms. The molecule has 0 fully saturated rings. The van der Waals surface area contributed by atoms with E-state index in [0.29, 0.717) is 22.5 Å². The van der Waals surface area contributed by atoms with Gasteiger partial charge in [0.05, 0.1) is 23.3 Å². The predicted octanol–water partition coefficient (Wildman–Crippen LogP) is 8.60. The van der Waals surface area contributed by atoms with Gasteiger partial charge in [0.15, 0.2) is 0 Å². The van der Waals surface area contributed by atoms with Crippen LogP contribution in [0.2, 0.25) is 0 Å². The normalized spacial score (nSPS) is 14.1. The largest absolute Gasteiger partial charge is 0.398 e. The molecule has 0 saturated carbocycles. The number of anilines is 2. The summed E-state index contributed by atoms with van der Waals surface area (Å²) < 4.78 is 0. The number of nitrogens with two attached hydrogens (primary N) is 1. The highest BCUT2D eigenvalue weighted by Gasteiger charge is 2.29. The molecule has 43 heavy (non-hydrogen) atoms. The number of aromatic nitrogens is 1. The van der Waals surface area contributed by atoms with Gasteiger partial charge in [-0.25, -0.2) is 4.99 Å². The van der Waals surface area contributed by atoms with Crippen LogP contribution in [0.3, 0.4) is 0 Å². The maximum atomic E-state index is 12.9. The number of hydrogen-bond donors (Lipinski definition) is 3. The number of hydrogen-bond acceptors (Lipinski definition) is 6. The number of pyridine rings is 1. The van der Waals surface area contributed by atoms with Crippen LogP contribution in [0.1, 0.15) is 47.3 Å². The summed E-state index contributed by atoms with van der Waals surface area (Å²) in [5.41, 5.74) is 16.2. The van der Waals surface area contributed by atoms with E-state index in [2.05, 4.69) is 47.7 Å². The zero-order valence-corrected chi connectivity index (χ0v) is 25.0. The molecule has 0 aliphatic carbocycles. The van der Waals surface area contributed by atoms with Crippen LogP contribution in [0.25, 0.3) is 21.6 Å². The Balaban J connectivity index is 1.35. The number of carbonyl (C=O) groups is 1. The molecule has 3 aromatic carbocycles. The number of aliphatic imine (C=N–C) groups is 1. The SMILES string of the molecule is CCc1cc(NC(=O)c2ccccc2)cc(-c2ccc(N)c(C(=N)C3=Nc4cncc(-c5cccs5)c4CC3CC)c2)c1. The van der Waals surface area contributed by atoms with E-state index in [1.807, 2.05) is 54.7 Å². The van der Waals surface area contributed by atoms with Crippen LogP contribution in [0, 0.1) is 11.3 Å². The second kappa shape index (κ2) is 12.2. The predicted molar refractivity (Wildman–Crippen MR) is 179 cm³/mol. The number of aryl methyl sites for hydroxylation is 1. The van der Waals surface area contributed by atoms with Crippen LogP contribution in [-0.4, -0.2) is 22.3 Å². The van der Waals surface area contributed by atoms with Gasteiger partial charge in [0.2, 0.25) is 0 Å². The first-order valence-electron chi connectivity index (χ1n) is 14.5. The zero-order valence-electron chi connectivity index (χ0n) is 24.2. The average Bonchev–Trinajstić information content (AvgIpc) is 3.59. The maximum Gasteiger partial charge on any atom is 0.255 e. The molecule has 5 aromatic rings. The molecule has 0 spiro atoms. The highest BCUT2D eigenvalue weighted by Crippen LogP contribution is 2.39. The molecule has 0 saturated heterocycles. The van der Waals surface area contributed by atoms with E-state index in [1.54, 1.807) is 29.7 Å². The van der Waals surface area contributed by atoms with E-state index in [9.17, 15) is 10.2 Å².